The van der Waals surface area contributed by atoms with E-state index in [0.29, 0.717) is 22.3 Å². The highest BCUT2D eigenvalue weighted by molar-refractivity contribution is 8.24. The van der Waals surface area contributed by atoms with E-state index >= 15 is 0 Å². The minimum absolute atomic E-state index is 0.146. The highest BCUT2D eigenvalue weighted by atomic mass is 32.2. The number of methoxy groups -OCH3 is 1. The van der Waals surface area contributed by atoms with Gasteiger partial charge in [-0.15, -0.1) is 0 Å². The molecule has 122 valence electrons. The Labute approximate surface area is 149 Å². The molecule has 2 aromatic rings. The van der Waals surface area contributed by atoms with Gasteiger partial charge in [0.25, 0.3) is 5.91 Å². The van der Waals surface area contributed by atoms with Crippen LogP contribution in [0.2, 0.25) is 0 Å². The van der Waals surface area contributed by atoms with Crippen LogP contribution < -0.4 is 4.74 Å². The Balaban J connectivity index is 1.73. The summed E-state index contributed by atoms with van der Waals surface area (Å²) in [4.78, 5) is 14.1. The summed E-state index contributed by atoms with van der Waals surface area (Å²) in [6.07, 6.45) is 0. The van der Waals surface area contributed by atoms with Crippen molar-refractivity contribution in [3.8, 4) is 5.75 Å². The van der Waals surface area contributed by atoms with Crippen molar-refractivity contribution in [3.63, 3.8) is 0 Å². The Hall–Kier alpha value is -2.25. The summed E-state index contributed by atoms with van der Waals surface area (Å²) < 4.78 is 5.75. The number of rotatable bonds is 5. The lowest BCUT2D eigenvalue weighted by molar-refractivity contribution is -0.126. The summed E-state index contributed by atoms with van der Waals surface area (Å²) in [5.41, 5.74) is 1.61. The fourth-order valence-electron chi connectivity index (χ4n) is 2.24. The normalized spacial score (nSPS) is 17.7. The molecule has 0 N–H and O–H groups in total. The Bertz CT molecular complexity index is 780. The second-order valence-corrected chi connectivity index (χ2v) is 6.75. The molecule has 1 heterocycles. The smallest absolute Gasteiger partial charge is 0.265 e. The topological polar surface area (TPSA) is 54.3 Å². The van der Waals surface area contributed by atoms with Crippen molar-refractivity contribution in [2.75, 3.05) is 7.11 Å². The fourth-order valence-corrected chi connectivity index (χ4v) is 3.46. The van der Waals surface area contributed by atoms with Gasteiger partial charge in [0.1, 0.15) is 15.8 Å². The first-order valence-electron chi connectivity index (χ1n) is 7.29. The fraction of sp³-hybridized carbons (Fsp3) is 0.176. The maximum atomic E-state index is 12.5. The quantitative estimate of drug-likeness (QED) is 0.595. The number of thiocarbonyl (C=S) groups is 1. The van der Waals surface area contributed by atoms with Gasteiger partial charge in [-0.1, -0.05) is 66.4 Å². The molecule has 5 nitrogen and oxygen atoms in total. The molecule has 24 heavy (non-hydrogen) atoms. The average Bonchev–Trinajstić information content (AvgIpc) is 2.88. The molecule has 0 radical (unpaired) electrons. The molecule has 3 rings (SSSR count). The molecule has 1 fully saturated rings. The molecular weight excluding hydrogens is 342 g/mol. The van der Waals surface area contributed by atoms with Crippen molar-refractivity contribution in [3.05, 3.63) is 60.2 Å². The maximum Gasteiger partial charge on any atom is 0.265 e. The SMILES string of the molecule is COc1ccccc1N=NC1SC(=S)N(Cc2ccccc2)C1=O. The number of hydrogen-bond donors (Lipinski definition) is 0. The van der Waals surface area contributed by atoms with Crippen LogP contribution in [-0.4, -0.2) is 27.6 Å². The molecule has 7 heteroatoms. The van der Waals surface area contributed by atoms with Crippen molar-refractivity contribution in [1.29, 1.82) is 0 Å². The summed E-state index contributed by atoms with van der Waals surface area (Å²) in [6, 6.07) is 17.0. The lowest BCUT2D eigenvalue weighted by atomic mass is 10.2. The molecule has 2 aromatic carbocycles. The molecule has 0 aromatic heterocycles. The second kappa shape index (κ2) is 7.55. The van der Waals surface area contributed by atoms with Gasteiger partial charge in [-0.25, -0.2) is 0 Å². The van der Waals surface area contributed by atoms with Gasteiger partial charge in [0.05, 0.1) is 13.7 Å². The van der Waals surface area contributed by atoms with Crippen LogP contribution in [0.3, 0.4) is 0 Å². The molecule has 1 aliphatic rings. The lowest BCUT2D eigenvalue weighted by Gasteiger charge is -2.14. The van der Waals surface area contributed by atoms with E-state index < -0.39 is 5.37 Å². The third-order valence-corrected chi connectivity index (χ3v) is 4.90. The van der Waals surface area contributed by atoms with Crippen molar-refractivity contribution < 1.29 is 9.53 Å². The number of hydrogen-bond acceptors (Lipinski definition) is 6. The zero-order chi connectivity index (χ0) is 16.9. The number of nitrogens with zero attached hydrogens (tertiary/aromatic N) is 3. The molecule has 1 atom stereocenters. The van der Waals surface area contributed by atoms with Gasteiger partial charge < -0.3 is 4.74 Å². The van der Waals surface area contributed by atoms with Crippen molar-refractivity contribution in [1.82, 2.24) is 4.90 Å². The van der Waals surface area contributed by atoms with E-state index in [4.69, 9.17) is 17.0 Å². The molecule has 1 aliphatic heterocycles. The second-order valence-electron chi connectivity index (χ2n) is 5.03. The van der Waals surface area contributed by atoms with Crippen LogP contribution in [-0.2, 0) is 11.3 Å². The Morgan fingerprint density at radius 2 is 1.88 bits per heavy atom. The number of thioether (sulfide) groups is 1. The largest absolute Gasteiger partial charge is 0.494 e. The average molecular weight is 357 g/mol. The number of amides is 1. The summed E-state index contributed by atoms with van der Waals surface area (Å²) in [5.74, 6) is 0.466. The molecular formula is C17H15N3O2S2. The van der Waals surface area contributed by atoms with E-state index in [2.05, 4.69) is 10.2 Å². The number of carbonyl (C=O) groups is 1. The van der Waals surface area contributed by atoms with Gasteiger partial charge in [0, 0.05) is 0 Å². The monoisotopic (exact) mass is 357 g/mol. The highest BCUT2D eigenvalue weighted by Gasteiger charge is 2.37. The summed E-state index contributed by atoms with van der Waals surface area (Å²) >= 11 is 6.56. The van der Waals surface area contributed by atoms with Crippen LogP contribution in [0.5, 0.6) is 5.75 Å². The first-order chi connectivity index (χ1) is 11.7. The van der Waals surface area contributed by atoms with Gasteiger partial charge in [-0.3, -0.25) is 9.69 Å². The van der Waals surface area contributed by atoms with Gasteiger partial charge in [-0.2, -0.15) is 10.2 Å². The van der Waals surface area contributed by atoms with Gasteiger partial charge in [-0.05, 0) is 17.7 Å². The molecule has 1 amide bonds. The number of carbonyl (C=O) groups excluding carboxylic acids is 1. The van der Waals surface area contributed by atoms with E-state index in [-0.39, 0.29) is 5.91 Å². The van der Waals surface area contributed by atoms with Crippen molar-refractivity contribution in [2.45, 2.75) is 11.9 Å². The summed E-state index contributed by atoms with van der Waals surface area (Å²) in [6.45, 7) is 0.451. The van der Waals surface area contributed by atoms with E-state index in [9.17, 15) is 4.79 Å². The van der Waals surface area contributed by atoms with Gasteiger partial charge in [0.2, 0.25) is 5.37 Å². The standard InChI is InChI=1S/C17H15N3O2S2/c1-22-14-10-6-5-9-13(14)18-19-15-16(21)20(17(23)24-15)11-12-7-3-2-4-8-12/h2-10,15H,11H2,1H3. The van der Waals surface area contributed by atoms with E-state index in [1.807, 2.05) is 42.5 Å². The lowest BCUT2D eigenvalue weighted by Crippen LogP contribution is -2.30. The number of azo groups is 1. The molecule has 1 saturated heterocycles. The number of benzene rings is 2. The maximum absolute atomic E-state index is 12.5. The van der Waals surface area contributed by atoms with E-state index in [1.165, 1.54) is 11.8 Å². The van der Waals surface area contributed by atoms with Crippen LogP contribution in [0, 0.1) is 0 Å². The van der Waals surface area contributed by atoms with Crippen LogP contribution >= 0.6 is 24.0 Å². The van der Waals surface area contributed by atoms with Crippen LogP contribution in [0.4, 0.5) is 5.69 Å². The Morgan fingerprint density at radius 3 is 2.62 bits per heavy atom. The van der Waals surface area contributed by atoms with Crippen LogP contribution in [0.15, 0.2) is 64.8 Å². The minimum atomic E-state index is -0.647. The molecule has 0 bridgehead atoms. The Kier molecular flexibility index (Phi) is 5.22. The third kappa shape index (κ3) is 3.63. The van der Waals surface area contributed by atoms with Crippen LogP contribution in [0.25, 0.3) is 0 Å². The van der Waals surface area contributed by atoms with Gasteiger partial charge >= 0.3 is 0 Å². The van der Waals surface area contributed by atoms with E-state index in [1.54, 1.807) is 24.1 Å². The number of para-hydroxylation sites is 1. The minimum Gasteiger partial charge on any atom is -0.494 e. The molecule has 0 saturated carbocycles. The number of ether oxygens (including phenoxy) is 1. The zero-order valence-corrected chi connectivity index (χ0v) is 14.6. The van der Waals surface area contributed by atoms with Crippen molar-refractivity contribution >= 4 is 39.9 Å². The predicted molar refractivity (Wildman–Crippen MR) is 98.5 cm³/mol. The van der Waals surface area contributed by atoms with Crippen LogP contribution in [0.1, 0.15) is 5.56 Å². The highest BCUT2D eigenvalue weighted by Crippen LogP contribution is 2.32. The van der Waals surface area contributed by atoms with Crippen molar-refractivity contribution in [2.24, 2.45) is 10.2 Å². The molecule has 0 spiro atoms. The summed E-state index contributed by atoms with van der Waals surface area (Å²) in [7, 11) is 1.57. The third-order valence-electron chi connectivity index (χ3n) is 3.45. The predicted octanol–water partition coefficient (Wildman–Crippen LogP) is 4.17. The first kappa shape index (κ1) is 16.6. The Morgan fingerprint density at radius 1 is 1.17 bits per heavy atom. The zero-order valence-electron chi connectivity index (χ0n) is 13.0. The molecule has 0 aliphatic carbocycles. The molecule has 1 unspecified atom stereocenters. The first-order valence-corrected chi connectivity index (χ1v) is 8.57. The summed E-state index contributed by atoms with van der Waals surface area (Å²) in [5, 5.41) is 7.66. The van der Waals surface area contributed by atoms with E-state index in [0.717, 1.165) is 5.56 Å². The van der Waals surface area contributed by atoms with Gasteiger partial charge in [0.15, 0.2) is 0 Å².